The summed E-state index contributed by atoms with van der Waals surface area (Å²) < 4.78 is 12.5. The standard InChI is InChI=1S/C15H16Cl2N2O5/c1-7-9(6-20)14(19(3)18-7)24-13-5-12(10(16)4-11(13)17)23-8(2)15(21)22/h4-5,8,20H,6H2,1-3H3,(H,21,22)/t8-/m0/s1. The number of aliphatic carboxylic acids is 1. The molecule has 0 saturated heterocycles. The second-order valence-electron chi connectivity index (χ2n) is 5.06. The summed E-state index contributed by atoms with van der Waals surface area (Å²) in [4.78, 5) is 10.9. The Bertz CT molecular complexity index is 776. The highest BCUT2D eigenvalue weighted by Gasteiger charge is 2.20. The van der Waals surface area contributed by atoms with E-state index in [1.807, 2.05) is 0 Å². The van der Waals surface area contributed by atoms with Crippen molar-refractivity contribution in [3.8, 4) is 17.4 Å². The van der Waals surface area contributed by atoms with Crippen LogP contribution in [-0.2, 0) is 18.4 Å². The number of carboxylic acids is 1. The quantitative estimate of drug-likeness (QED) is 0.806. The van der Waals surface area contributed by atoms with Crippen molar-refractivity contribution in [2.75, 3.05) is 0 Å². The molecule has 9 heteroatoms. The molecule has 0 unspecified atom stereocenters. The Balaban J connectivity index is 2.39. The molecule has 1 atom stereocenters. The molecule has 7 nitrogen and oxygen atoms in total. The van der Waals surface area contributed by atoms with E-state index in [9.17, 15) is 9.90 Å². The molecule has 0 saturated carbocycles. The molecule has 0 aliphatic rings. The number of halogens is 2. The number of hydrogen-bond donors (Lipinski definition) is 2. The van der Waals surface area contributed by atoms with Crippen LogP contribution in [0.25, 0.3) is 0 Å². The largest absolute Gasteiger partial charge is 0.479 e. The molecule has 24 heavy (non-hydrogen) atoms. The summed E-state index contributed by atoms with van der Waals surface area (Å²) in [7, 11) is 1.66. The van der Waals surface area contributed by atoms with E-state index in [0.717, 1.165) is 0 Å². The van der Waals surface area contributed by atoms with Crippen LogP contribution in [0.3, 0.4) is 0 Å². The van der Waals surface area contributed by atoms with Gasteiger partial charge in [0.2, 0.25) is 5.88 Å². The second-order valence-corrected chi connectivity index (χ2v) is 5.88. The van der Waals surface area contributed by atoms with Crippen LogP contribution in [0.4, 0.5) is 0 Å². The third-order valence-electron chi connectivity index (χ3n) is 3.29. The van der Waals surface area contributed by atoms with Crippen molar-refractivity contribution in [2.45, 2.75) is 26.6 Å². The topological polar surface area (TPSA) is 93.8 Å². The van der Waals surface area contributed by atoms with E-state index in [1.165, 1.54) is 23.7 Å². The lowest BCUT2D eigenvalue weighted by atomic mass is 10.2. The molecule has 1 aromatic carbocycles. The first kappa shape index (κ1) is 18.4. The van der Waals surface area contributed by atoms with E-state index < -0.39 is 12.1 Å². The summed E-state index contributed by atoms with van der Waals surface area (Å²) in [5.41, 5.74) is 1.14. The fraction of sp³-hybridized carbons (Fsp3) is 0.333. The van der Waals surface area contributed by atoms with Gasteiger partial charge in [-0.05, 0) is 19.9 Å². The Morgan fingerprint density at radius 2 is 1.96 bits per heavy atom. The van der Waals surface area contributed by atoms with Gasteiger partial charge in [0.1, 0.15) is 5.75 Å². The SMILES string of the molecule is Cc1nn(C)c(Oc2cc(O[C@@H](C)C(=O)O)c(Cl)cc2Cl)c1CO. The molecule has 2 rings (SSSR count). The zero-order valence-corrected chi connectivity index (χ0v) is 14.7. The van der Waals surface area contributed by atoms with Gasteiger partial charge < -0.3 is 19.7 Å². The van der Waals surface area contributed by atoms with Crippen molar-refractivity contribution in [3.63, 3.8) is 0 Å². The number of aryl methyl sites for hydroxylation is 2. The van der Waals surface area contributed by atoms with Crippen molar-refractivity contribution in [3.05, 3.63) is 33.4 Å². The maximum atomic E-state index is 10.9. The molecule has 0 spiro atoms. The fourth-order valence-electron chi connectivity index (χ4n) is 2.01. The number of hydrogen-bond acceptors (Lipinski definition) is 5. The molecule has 0 bridgehead atoms. The Hall–Kier alpha value is -1.96. The lowest BCUT2D eigenvalue weighted by Gasteiger charge is -2.15. The average Bonchev–Trinajstić information content (AvgIpc) is 2.77. The summed E-state index contributed by atoms with van der Waals surface area (Å²) >= 11 is 12.2. The van der Waals surface area contributed by atoms with Crippen molar-refractivity contribution in [1.82, 2.24) is 9.78 Å². The van der Waals surface area contributed by atoms with Gasteiger partial charge in [-0.3, -0.25) is 0 Å². The van der Waals surface area contributed by atoms with Gasteiger partial charge in [0.25, 0.3) is 0 Å². The van der Waals surface area contributed by atoms with Gasteiger partial charge in [0.15, 0.2) is 11.9 Å². The molecule has 0 radical (unpaired) electrons. The first-order valence-electron chi connectivity index (χ1n) is 6.94. The highest BCUT2D eigenvalue weighted by molar-refractivity contribution is 6.36. The van der Waals surface area contributed by atoms with Crippen LogP contribution in [0.5, 0.6) is 17.4 Å². The first-order chi connectivity index (χ1) is 11.2. The molecule has 0 aliphatic heterocycles. The van der Waals surface area contributed by atoms with Crippen molar-refractivity contribution >= 4 is 29.2 Å². The lowest BCUT2D eigenvalue weighted by molar-refractivity contribution is -0.144. The zero-order valence-electron chi connectivity index (χ0n) is 13.2. The third-order valence-corrected chi connectivity index (χ3v) is 3.88. The van der Waals surface area contributed by atoms with Crippen molar-refractivity contribution in [1.29, 1.82) is 0 Å². The van der Waals surface area contributed by atoms with Gasteiger partial charge >= 0.3 is 5.97 Å². The summed E-state index contributed by atoms with van der Waals surface area (Å²) in [6, 6.07) is 2.79. The first-order valence-corrected chi connectivity index (χ1v) is 7.69. The molecule has 2 N–H and O–H groups in total. The number of aromatic nitrogens is 2. The molecular formula is C15H16Cl2N2O5. The van der Waals surface area contributed by atoms with Crippen LogP contribution >= 0.6 is 23.2 Å². The highest BCUT2D eigenvalue weighted by atomic mass is 35.5. The second kappa shape index (κ2) is 7.29. The normalized spacial score (nSPS) is 12.1. The van der Waals surface area contributed by atoms with Crippen LogP contribution in [-0.4, -0.2) is 32.1 Å². The monoisotopic (exact) mass is 374 g/mol. The van der Waals surface area contributed by atoms with E-state index in [0.29, 0.717) is 17.1 Å². The third kappa shape index (κ3) is 3.75. The Morgan fingerprint density at radius 3 is 2.54 bits per heavy atom. The van der Waals surface area contributed by atoms with Gasteiger partial charge in [-0.1, -0.05) is 23.2 Å². The van der Waals surface area contributed by atoms with Gasteiger partial charge in [-0.15, -0.1) is 0 Å². The number of ether oxygens (including phenoxy) is 2. The smallest absolute Gasteiger partial charge is 0.344 e. The molecule has 1 heterocycles. The maximum Gasteiger partial charge on any atom is 0.344 e. The molecule has 0 amide bonds. The molecule has 0 fully saturated rings. The molecule has 0 aliphatic carbocycles. The number of nitrogens with zero attached hydrogens (tertiary/aromatic N) is 2. The number of aliphatic hydroxyl groups excluding tert-OH is 1. The Morgan fingerprint density at radius 1 is 1.33 bits per heavy atom. The van der Waals surface area contributed by atoms with Crippen LogP contribution in [0.15, 0.2) is 12.1 Å². The van der Waals surface area contributed by atoms with E-state index in [2.05, 4.69) is 5.10 Å². The summed E-state index contributed by atoms with van der Waals surface area (Å²) in [5.74, 6) is -0.494. The fourth-order valence-corrected chi connectivity index (χ4v) is 2.48. The van der Waals surface area contributed by atoms with Crippen LogP contribution in [0.2, 0.25) is 10.0 Å². The van der Waals surface area contributed by atoms with E-state index in [4.69, 9.17) is 37.8 Å². The molecule has 2 aromatic rings. The molecular weight excluding hydrogens is 359 g/mol. The predicted molar refractivity (Wildman–Crippen MR) is 88.1 cm³/mol. The number of rotatable bonds is 6. The van der Waals surface area contributed by atoms with Crippen LogP contribution in [0.1, 0.15) is 18.2 Å². The number of benzene rings is 1. The Kier molecular flexibility index (Phi) is 5.58. The lowest BCUT2D eigenvalue weighted by Crippen LogP contribution is -2.23. The minimum Gasteiger partial charge on any atom is -0.479 e. The minimum absolute atomic E-state index is 0.121. The van der Waals surface area contributed by atoms with Crippen LogP contribution in [0, 0.1) is 6.92 Å². The van der Waals surface area contributed by atoms with E-state index >= 15 is 0 Å². The van der Waals surface area contributed by atoms with Crippen molar-refractivity contribution < 1.29 is 24.5 Å². The van der Waals surface area contributed by atoms with E-state index in [1.54, 1.807) is 14.0 Å². The summed E-state index contributed by atoms with van der Waals surface area (Å²) in [6.45, 7) is 2.87. The van der Waals surface area contributed by atoms with Crippen molar-refractivity contribution in [2.24, 2.45) is 7.05 Å². The number of carboxylic acid groups (broad SMARTS) is 1. The summed E-state index contributed by atoms with van der Waals surface area (Å²) in [6.07, 6.45) is -1.09. The maximum absolute atomic E-state index is 10.9. The highest BCUT2D eigenvalue weighted by Crippen LogP contribution is 2.39. The molecule has 130 valence electrons. The van der Waals surface area contributed by atoms with Crippen LogP contribution < -0.4 is 9.47 Å². The molecule has 1 aromatic heterocycles. The van der Waals surface area contributed by atoms with Gasteiger partial charge in [0.05, 0.1) is 27.9 Å². The van der Waals surface area contributed by atoms with E-state index in [-0.39, 0.29) is 28.2 Å². The summed E-state index contributed by atoms with van der Waals surface area (Å²) in [5, 5.41) is 22.9. The number of aliphatic hydroxyl groups is 1. The van der Waals surface area contributed by atoms with Gasteiger partial charge in [-0.25, -0.2) is 9.48 Å². The predicted octanol–water partition coefficient (Wildman–Crippen LogP) is 3.17. The zero-order chi connectivity index (χ0) is 18.0. The van der Waals surface area contributed by atoms with Gasteiger partial charge in [0, 0.05) is 13.1 Å². The number of carbonyl (C=O) groups is 1. The Labute approximate surface area is 148 Å². The minimum atomic E-state index is -1.13. The average molecular weight is 375 g/mol. The van der Waals surface area contributed by atoms with Gasteiger partial charge in [-0.2, -0.15) is 5.10 Å².